The molecule has 2 N–H and O–H groups in total. The molecule has 9 heteroatoms. The van der Waals surface area contributed by atoms with Gasteiger partial charge in [0.1, 0.15) is 17.3 Å². The van der Waals surface area contributed by atoms with Crippen LogP contribution in [0.15, 0.2) is 53.4 Å². The summed E-state index contributed by atoms with van der Waals surface area (Å²) in [6.45, 7) is 3.58. The molecule has 0 aliphatic heterocycles. The van der Waals surface area contributed by atoms with E-state index in [4.69, 9.17) is 5.14 Å². The lowest BCUT2D eigenvalue weighted by Crippen LogP contribution is -2.19. The summed E-state index contributed by atoms with van der Waals surface area (Å²) in [5.41, 5.74) is 1.14. The van der Waals surface area contributed by atoms with Gasteiger partial charge in [0.15, 0.2) is 5.82 Å². The molecule has 7 nitrogen and oxygen atoms in total. The molecule has 0 saturated heterocycles. The summed E-state index contributed by atoms with van der Waals surface area (Å²) in [5.74, 6) is 0.420. The highest BCUT2D eigenvalue weighted by atomic mass is 32.2. The normalized spacial score (nSPS) is 11.9. The van der Waals surface area contributed by atoms with Crippen LogP contribution in [-0.2, 0) is 23.0 Å². The van der Waals surface area contributed by atoms with Crippen LogP contribution >= 0.6 is 0 Å². The predicted octanol–water partition coefficient (Wildman–Crippen LogP) is 2.88. The van der Waals surface area contributed by atoms with E-state index in [1.165, 1.54) is 16.8 Å². The fourth-order valence-corrected chi connectivity index (χ4v) is 3.65. The van der Waals surface area contributed by atoms with Gasteiger partial charge in [0.05, 0.1) is 11.4 Å². The third kappa shape index (κ3) is 5.50. The molecule has 160 valence electrons. The first-order chi connectivity index (χ1) is 14.3. The molecule has 0 atom stereocenters. The number of hydrogen-bond acceptors (Lipinski definition) is 5. The molecule has 0 fully saturated rings. The summed E-state index contributed by atoms with van der Waals surface area (Å²) in [6, 6.07) is 13.3. The Morgan fingerprint density at radius 1 is 1.17 bits per heavy atom. The molecule has 3 aromatic rings. The number of aromatic nitrogens is 3. The molecule has 0 aliphatic carbocycles. The topological polar surface area (TPSA) is 94.1 Å². The Hall–Kier alpha value is -2.62. The number of rotatable bonds is 9. The maximum Gasteiger partial charge on any atom is 0.238 e. The Kier molecular flexibility index (Phi) is 6.96. The van der Waals surface area contributed by atoms with E-state index in [-0.39, 0.29) is 10.6 Å². The zero-order valence-electron chi connectivity index (χ0n) is 17.1. The highest BCUT2D eigenvalue weighted by molar-refractivity contribution is 7.89. The molecule has 2 aromatic carbocycles. The molecule has 30 heavy (non-hydrogen) atoms. The van der Waals surface area contributed by atoms with Crippen molar-refractivity contribution in [3.8, 4) is 5.69 Å². The van der Waals surface area contributed by atoms with E-state index >= 15 is 0 Å². The first-order valence-electron chi connectivity index (χ1n) is 9.78. The molecule has 0 aliphatic rings. The van der Waals surface area contributed by atoms with Crippen LogP contribution in [0.2, 0.25) is 0 Å². The monoisotopic (exact) mass is 431 g/mol. The van der Waals surface area contributed by atoms with Crippen molar-refractivity contribution >= 4 is 10.0 Å². The molecule has 0 radical (unpaired) electrons. The second-order valence-electron chi connectivity index (χ2n) is 7.27. The van der Waals surface area contributed by atoms with Crippen LogP contribution in [-0.4, -0.2) is 41.7 Å². The van der Waals surface area contributed by atoms with E-state index in [0.29, 0.717) is 24.6 Å². The van der Waals surface area contributed by atoms with Crippen molar-refractivity contribution < 1.29 is 12.8 Å². The zero-order chi connectivity index (χ0) is 21.7. The second kappa shape index (κ2) is 9.46. The molecular weight excluding hydrogens is 405 g/mol. The van der Waals surface area contributed by atoms with E-state index in [9.17, 15) is 12.8 Å². The van der Waals surface area contributed by atoms with E-state index in [1.54, 1.807) is 0 Å². The first-order valence-corrected chi connectivity index (χ1v) is 11.3. The summed E-state index contributed by atoms with van der Waals surface area (Å²) in [7, 11) is -2.00. The third-order valence-electron chi connectivity index (χ3n) is 4.70. The van der Waals surface area contributed by atoms with Crippen LogP contribution in [0, 0.1) is 5.82 Å². The van der Waals surface area contributed by atoms with Crippen LogP contribution in [0.3, 0.4) is 0 Å². The van der Waals surface area contributed by atoms with Crippen LogP contribution in [0.1, 0.15) is 37.0 Å². The fourth-order valence-electron chi connectivity index (χ4n) is 3.13. The Morgan fingerprint density at radius 3 is 2.53 bits per heavy atom. The minimum atomic E-state index is -3.99. The molecule has 1 heterocycles. The van der Waals surface area contributed by atoms with Crippen molar-refractivity contribution in [3.63, 3.8) is 0 Å². The van der Waals surface area contributed by atoms with Gasteiger partial charge in [0.2, 0.25) is 10.0 Å². The van der Waals surface area contributed by atoms with Crippen molar-refractivity contribution in [2.45, 2.75) is 37.6 Å². The SMILES string of the molecule is CCCCN(C)Cc1nc(Cc2ccccc2)n(-c2ccc(S(N)(=O)=O)cc2F)n1. The van der Waals surface area contributed by atoms with Crippen molar-refractivity contribution in [2.24, 2.45) is 5.14 Å². The highest BCUT2D eigenvalue weighted by Gasteiger charge is 2.18. The van der Waals surface area contributed by atoms with Gasteiger partial charge in [-0.3, -0.25) is 4.90 Å². The van der Waals surface area contributed by atoms with Gasteiger partial charge >= 0.3 is 0 Å². The maximum atomic E-state index is 14.8. The van der Waals surface area contributed by atoms with Gasteiger partial charge in [0, 0.05) is 6.42 Å². The van der Waals surface area contributed by atoms with Crippen molar-refractivity contribution in [3.05, 3.63) is 71.6 Å². The van der Waals surface area contributed by atoms with Crippen LogP contribution in [0.4, 0.5) is 4.39 Å². The standard InChI is InChI=1S/C21H26FN5O2S/c1-3-4-12-26(2)15-20-24-21(13-16-8-6-5-7-9-16)27(25-20)19-11-10-17(14-18(19)22)30(23,28)29/h5-11,14H,3-4,12-13,15H2,1-2H3,(H2,23,28,29). The van der Waals surface area contributed by atoms with Crippen LogP contribution < -0.4 is 5.14 Å². The Bertz CT molecular complexity index is 1100. The average molecular weight is 432 g/mol. The number of nitrogens with two attached hydrogens (primary N) is 1. The maximum absolute atomic E-state index is 14.8. The fraction of sp³-hybridized carbons (Fsp3) is 0.333. The highest BCUT2D eigenvalue weighted by Crippen LogP contribution is 2.20. The summed E-state index contributed by atoms with van der Waals surface area (Å²) >= 11 is 0. The van der Waals surface area contributed by atoms with Gasteiger partial charge in [-0.05, 0) is 43.8 Å². The number of primary sulfonamides is 1. The van der Waals surface area contributed by atoms with E-state index in [1.807, 2.05) is 37.4 Å². The van der Waals surface area contributed by atoms with Crippen molar-refractivity contribution in [1.29, 1.82) is 0 Å². The van der Waals surface area contributed by atoms with Gasteiger partial charge in [-0.25, -0.2) is 27.6 Å². The predicted molar refractivity (Wildman–Crippen MR) is 113 cm³/mol. The lowest BCUT2D eigenvalue weighted by atomic mass is 10.1. The van der Waals surface area contributed by atoms with Crippen molar-refractivity contribution in [2.75, 3.05) is 13.6 Å². The lowest BCUT2D eigenvalue weighted by Gasteiger charge is -2.13. The zero-order valence-corrected chi connectivity index (χ0v) is 17.9. The molecule has 0 bridgehead atoms. The minimum Gasteiger partial charge on any atom is -0.299 e. The average Bonchev–Trinajstić information content (AvgIpc) is 3.08. The number of nitrogens with zero attached hydrogens (tertiary/aromatic N) is 4. The van der Waals surface area contributed by atoms with Crippen LogP contribution in [0.5, 0.6) is 0 Å². The number of halogens is 1. The van der Waals surface area contributed by atoms with Gasteiger partial charge < -0.3 is 0 Å². The van der Waals surface area contributed by atoms with E-state index in [0.717, 1.165) is 31.0 Å². The quantitative estimate of drug-likeness (QED) is 0.562. The Labute approximate surface area is 176 Å². The summed E-state index contributed by atoms with van der Waals surface area (Å²) in [4.78, 5) is 6.48. The minimum absolute atomic E-state index is 0.128. The first kappa shape index (κ1) is 22.1. The third-order valence-corrected chi connectivity index (χ3v) is 5.61. The van der Waals surface area contributed by atoms with Gasteiger partial charge in [-0.2, -0.15) is 0 Å². The number of unbranched alkanes of at least 4 members (excludes halogenated alkanes) is 1. The lowest BCUT2D eigenvalue weighted by molar-refractivity contribution is 0.312. The van der Waals surface area contributed by atoms with Gasteiger partial charge in [-0.15, -0.1) is 5.10 Å². The smallest absolute Gasteiger partial charge is 0.238 e. The Morgan fingerprint density at radius 2 is 1.90 bits per heavy atom. The molecule has 0 amide bonds. The number of sulfonamides is 1. The molecule has 0 spiro atoms. The van der Waals surface area contributed by atoms with E-state index in [2.05, 4.69) is 21.9 Å². The van der Waals surface area contributed by atoms with Crippen molar-refractivity contribution in [1.82, 2.24) is 19.7 Å². The number of hydrogen-bond donors (Lipinski definition) is 1. The largest absolute Gasteiger partial charge is 0.299 e. The molecule has 3 rings (SSSR count). The summed E-state index contributed by atoms with van der Waals surface area (Å²) in [6.07, 6.45) is 2.62. The van der Waals surface area contributed by atoms with Crippen LogP contribution in [0.25, 0.3) is 5.69 Å². The molecule has 0 unspecified atom stereocenters. The van der Waals surface area contributed by atoms with Gasteiger partial charge in [0.25, 0.3) is 0 Å². The summed E-state index contributed by atoms with van der Waals surface area (Å²) < 4.78 is 39.3. The second-order valence-corrected chi connectivity index (χ2v) is 8.83. The number of benzene rings is 2. The molecular formula is C21H26FN5O2S. The van der Waals surface area contributed by atoms with E-state index < -0.39 is 15.8 Å². The molecule has 1 aromatic heterocycles. The van der Waals surface area contributed by atoms with Gasteiger partial charge in [-0.1, -0.05) is 43.7 Å². The molecule has 0 saturated carbocycles. The Balaban J connectivity index is 1.99. The summed E-state index contributed by atoms with van der Waals surface area (Å²) in [5, 5.41) is 9.63.